The van der Waals surface area contributed by atoms with Crippen LogP contribution in [0.1, 0.15) is 35.3 Å². The van der Waals surface area contributed by atoms with Crippen molar-refractivity contribution in [1.82, 2.24) is 9.97 Å². The van der Waals surface area contributed by atoms with Crippen molar-refractivity contribution in [2.45, 2.75) is 20.0 Å². The number of hydrogen-bond acceptors (Lipinski definition) is 5. The average Bonchev–Trinajstić information content (AvgIpc) is 3.05. The summed E-state index contributed by atoms with van der Waals surface area (Å²) in [6.45, 7) is 3.18. The van der Waals surface area contributed by atoms with Gasteiger partial charge in [0.25, 0.3) is 0 Å². The van der Waals surface area contributed by atoms with Crippen LogP contribution in [-0.2, 0) is 4.74 Å². The monoisotopic (exact) mass is 398 g/mol. The van der Waals surface area contributed by atoms with Gasteiger partial charge in [-0.2, -0.15) is 0 Å². The quantitative estimate of drug-likeness (QED) is 0.701. The molecule has 2 heterocycles. The molecule has 0 spiro atoms. The molecule has 2 aromatic carbocycles. The summed E-state index contributed by atoms with van der Waals surface area (Å²) in [6, 6.07) is 6.84. The third-order valence-electron chi connectivity index (χ3n) is 4.32. The second-order valence-corrected chi connectivity index (χ2v) is 6.76. The Hall–Kier alpha value is -3.62. The van der Waals surface area contributed by atoms with Gasteiger partial charge in [-0.15, -0.1) is 0 Å². The first kappa shape index (κ1) is 18.7. The number of nitrogens with one attached hydrogen (secondary N) is 2. The van der Waals surface area contributed by atoms with Gasteiger partial charge < -0.3 is 9.72 Å². The highest BCUT2D eigenvalue weighted by atomic mass is 19.1. The number of rotatable bonds is 3. The first-order valence-corrected chi connectivity index (χ1v) is 8.87. The normalized spacial score (nSPS) is 13.4. The predicted molar refractivity (Wildman–Crippen MR) is 103 cm³/mol. The maximum Gasteiger partial charge on any atom is 0.414 e. The highest BCUT2D eigenvalue weighted by molar-refractivity contribution is 6.22. The van der Waals surface area contributed by atoms with Crippen LogP contribution in [0.5, 0.6) is 0 Å². The molecule has 0 fully saturated rings. The lowest BCUT2D eigenvalue weighted by Crippen LogP contribution is -2.23. The molecule has 1 aliphatic rings. The lowest BCUT2D eigenvalue weighted by molar-refractivity contribution is 0.0995. The maximum atomic E-state index is 14.4. The summed E-state index contributed by atoms with van der Waals surface area (Å²) in [7, 11) is 0. The number of imidazole rings is 1. The summed E-state index contributed by atoms with van der Waals surface area (Å²) in [5, 5.41) is 2.49. The summed E-state index contributed by atoms with van der Waals surface area (Å²) < 4.78 is 33.6. The van der Waals surface area contributed by atoms with E-state index in [4.69, 9.17) is 4.74 Å². The van der Waals surface area contributed by atoms with Crippen LogP contribution in [0.3, 0.4) is 0 Å². The van der Waals surface area contributed by atoms with Crippen molar-refractivity contribution in [3.05, 3.63) is 58.7 Å². The van der Waals surface area contributed by atoms with Gasteiger partial charge in [0.15, 0.2) is 5.78 Å². The highest BCUT2D eigenvalue weighted by Crippen LogP contribution is 2.27. The number of amides is 1. The number of ketones is 1. The van der Waals surface area contributed by atoms with Crippen LogP contribution in [0, 0.1) is 11.6 Å². The summed E-state index contributed by atoms with van der Waals surface area (Å²) >= 11 is 0. The van der Waals surface area contributed by atoms with Gasteiger partial charge in [-0.1, -0.05) is 6.07 Å². The zero-order valence-corrected chi connectivity index (χ0v) is 15.5. The second-order valence-electron chi connectivity index (χ2n) is 6.76. The Morgan fingerprint density at radius 2 is 1.90 bits per heavy atom. The van der Waals surface area contributed by atoms with E-state index >= 15 is 0 Å². The molecule has 0 radical (unpaired) electrons. The number of carbonyl (C=O) groups is 2. The number of fused-ring (bicyclic) bond motifs is 2. The Labute approximate surface area is 163 Å². The minimum absolute atomic E-state index is 0.154. The second kappa shape index (κ2) is 7.08. The highest BCUT2D eigenvalue weighted by Gasteiger charge is 2.28. The standard InChI is InChI=1S/C20H16F2N4O3/c1-9(2)29-20(28)26-19-24-13-6-3-10(7-14(13)25-19)18-17-12(22)5-4-11(21)16(17)15(27)8-23-18/h3-7,9H,8H2,1-2H3,(H2,24,25,26,28). The number of nitrogens with zero attached hydrogens (tertiary/aromatic N) is 2. The molecule has 0 atom stereocenters. The van der Waals surface area contributed by atoms with Crippen molar-refractivity contribution in [2.75, 3.05) is 11.9 Å². The van der Waals surface area contributed by atoms with E-state index in [-0.39, 0.29) is 35.4 Å². The third kappa shape index (κ3) is 3.46. The molecule has 9 heteroatoms. The number of aromatic nitrogens is 2. The van der Waals surface area contributed by atoms with Crippen LogP contribution in [0.2, 0.25) is 0 Å². The summed E-state index contributed by atoms with van der Waals surface area (Å²) in [5.41, 5.74) is 1.30. The molecule has 1 aromatic heterocycles. The van der Waals surface area contributed by atoms with E-state index < -0.39 is 23.5 Å². The predicted octanol–water partition coefficient (Wildman–Crippen LogP) is 3.83. The van der Waals surface area contributed by atoms with Crippen LogP contribution in [0.15, 0.2) is 35.3 Å². The van der Waals surface area contributed by atoms with Gasteiger partial charge in [0.1, 0.15) is 18.2 Å². The van der Waals surface area contributed by atoms with Gasteiger partial charge in [0.05, 0.1) is 28.4 Å². The van der Waals surface area contributed by atoms with Crippen LogP contribution < -0.4 is 5.32 Å². The summed E-state index contributed by atoms with van der Waals surface area (Å²) in [6.07, 6.45) is -0.936. The number of Topliss-reactive ketones (excluding diaryl/α,β-unsaturated/α-hetero) is 1. The molecular formula is C20H16F2N4O3. The van der Waals surface area contributed by atoms with Crippen molar-refractivity contribution in [1.29, 1.82) is 0 Å². The summed E-state index contributed by atoms with van der Waals surface area (Å²) in [5.74, 6) is -1.90. The fourth-order valence-electron chi connectivity index (χ4n) is 3.16. The van der Waals surface area contributed by atoms with Crippen molar-refractivity contribution in [3.8, 4) is 0 Å². The van der Waals surface area contributed by atoms with Crippen LogP contribution in [0.25, 0.3) is 11.0 Å². The number of ether oxygens (including phenoxy) is 1. The van der Waals surface area contributed by atoms with Crippen LogP contribution in [0.4, 0.5) is 19.5 Å². The fourth-order valence-corrected chi connectivity index (χ4v) is 3.16. The number of halogens is 2. The number of aromatic amines is 1. The van der Waals surface area contributed by atoms with E-state index in [1.165, 1.54) is 0 Å². The maximum absolute atomic E-state index is 14.4. The molecule has 0 bridgehead atoms. The number of hydrogen-bond donors (Lipinski definition) is 2. The smallest absolute Gasteiger partial charge is 0.414 e. The Morgan fingerprint density at radius 1 is 1.17 bits per heavy atom. The number of H-pyrrole nitrogens is 1. The minimum atomic E-state index is -0.781. The van der Waals surface area contributed by atoms with Gasteiger partial charge in [0, 0.05) is 11.1 Å². The minimum Gasteiger partial charge on any atom is -0.447 e. The Bertz CT molecular complexity index is 1180. The van der Waals surface area contributed by atoms with Gasteiger partial charge in [0.2, 0.25) is 5.95 Å². The van der Waals surface area contributed by atoms with E-state index in [1.807, 2.05) is 0 Å². The van der Waals surface area contributed by atoms with Gasteiger partial charge >= 0.3 is 6.09 Å². The van der Waals surface area contributed by atoms with E-state index in [1.54, 1.807) is 32.0 Å². The molecular weight excluding hydrogens is 382 g/mol. The van der Waals surface area contributed by atoms with Crippen LogP contribution >= 0.6 is 0 Å². The molecule has 1 aliphatic heterocycles. The topological polar surface area (TPSA) is 96.4 Å². The molecule has 3 aromatic rings. The largest absolute Gasteiger partial charge is 0.447 e. The molecule has 0 aliphatic carbocycles. The third-order valence-corrected chi connectivity index (χ3v) is 4.32. The number of carbonyl (C=O) groups excluding carboxylic acids is 2. The molecule has 0 saturated heterocycles. The van der Waals surface area contributed by atoms with Crippen molar-refractivity contribution >= 4 is 34.6 Å². The Morgan fingerprint density at radius 3 is 2.62 bits per heavy atom. The number of anilines is 1. The van der Waals surface area contributed by atoms with Gasteiger partial charge in [-0.3, -0.25) is 15.1 Å². The molecule has 2 N–H and O–H groups in total. The zero-order valence-electron chi connectivity index (χ0n) is 15.5. The SMILES string of the molecule is CC(C)OC(=O)Nc1nc2ccc(C3=NCC(=O)c4c(F)ccc(F)c43)cc2[nH]1. The van der Waals surface area contributed by atoms with E-state index in [0.717, 1.165) is 12.1 Å². The average molecular weight is 398 g/mol. The molecule has 4 rings (SSSR count). The molecule has 0 saturated carbocycles. The Kier molecular flexibility index (Phi) is 4.57. The molecule has 29 heavy (non-hydrogen) atoms. The van der Waals surface area contributed by atoms with Crippen LogP contribution in [-0.4, -0.2) is 40.2 Å². The van der Waals surface area contributed by atoms with E-state index in [2.05, 4.69) is 20.3 Å². The number of aliphatic imine (C=N–C) groups is 1. The van der Waals surface area contributed by atoms with Crippen molar-refractivity contribution in [2.24, 2.45) is 4.99 Å². The lowest BCUT2D eigenvalue weighted by atomic mass is 9.91. The van der Waals surface area contributed by atoms with Crippen molar-refractivity contribution < 1.29 is 23.1 Å². The van der Waals surface area contributed by atoms with E-state index in [9.17, 15) is 18.4 Å². The molecule has 7 nitrogen and oxygen atoms in total. The fraction of sp³-hybridized carbons (Fsp3) is 0.200. The zero-order chi connectivity index (χ0) is 20.7. The van der Waals surface area contributed by atoms with Crippen molar-refractivity contribution in [3.63, 3.8) is 0 Å². The first-order valence-electron chi connectivity index (χ1n) is 8.87. The van der Waals surface area contributed by atoms with Gasteiger partial charge in [-0.05, 0) is 38.1 Å². The molecule has 0 unspecified atom stereocenters. The van der Waals surface area contributed by atoms with Gasteiger partial charge in [-0.25, -0.2) is 18.6 Å². The first-order chi connectivity index (χ1) is 13.8. The molecule has 148 valence electrons. The molecule has 1 amide bonds. The van der Waals surface area contributed by atoms with E-state index in [0.29, 0.717) is 16.6 Å². The summed E-state index contributed by atoms with van der Waals surface area (Å²) in [4.78, 5) is 35.1. The number of benzene rings is 2. The lowest BCUT2D eigenvalue weighted by Gasteiger charge is -2.17. The Balaban J connectivity index is 1.72.